The maximum atomic E-state index is 12.3. The fraction of sp³-hybridized carbons (Fsp3) is 1.00. The van der Waals surface area contributed by atoms with Gasteiger partial charge >= 0.3 is 0 Å². The molecule has 0 aliphatic carbocycles. The molecule has 3 aliphatic heterocycles. The highest BCUT2D eigenvalue weighted by Crippen LogP contribution is 2.61. The molecule has 2 bridgehead atoms. The lowest BCUT2D eigenvalue weighted by Crippen LogP contribution is -2.52. The van der Waals surface area contributed by atoms with Crippen molar-refractivity contribution in [1.82, 2.24) is 0 Å². The second kappa shape index (κ2) is 3.49. The first-order valence-corrected chi connectivity index (χ1v) is 8.27. The first-order valence-electron chi connectivity index (χ1n) is 6.80. The Morgan fingerprint density at radius 2 is 1.72 bits per heavy atom. The van der Waals surface area contributed by atoms with Crippen molar-refractivity contribution < 1.29 is 17.3 Å². The topological polar surface area (TPSA) is 52.6 Å². The van der Waals surface area contributed by atoms with Gasteiger partial charge in [-0.2, -0.15) is 8.42 Å². The minimum absolute atomic E-state index is 0.0299. The predicted octanol–water partition coefficient (Wildman–Crippen LogP) is 1.80. The van der Waals surface area contributed by atoms with Crippen LogP contribution in [-0.4, -0.2) is 31.5 Å². The van der Waals surface area contributed by atoms with Crippen LogP contribution < -0.4 is 0 Å². The van der Waals surface area contributed by atoms with E-state index in [-0.39, 0.29) is 24.0 Å². The molecule has 6 atom stereocenters. The van der Waals surface area contributed by atoms with E-state index in [1.54, 1.807) is 0 Å². The first-order chi connectivity index (χ1) is 8.20. The Morgan fingerprint density at radius 1 is 1.11 bits per heavy atom. The summed E-state index contributed by atoms with van der Waals surface area (Å²) in [5, 5.41) is -0.456. The molecule has 0 spiro atoms. The number of fused-ring (bicyclic) bond motifs is 1. The third-order valence-electron chi connectivity index (χ3n) is 5.06. The molecule has 0 N–H and O–H groups in total. The molecule has 0 aromatic heterocycles. The van der Waals surface area contributed by atoms with Crippen LogP contribution >= 0.6 is 0 Å². The zero-order chi connectivity index (χ0) is 13.5. The van der Waals surface area contributed by atoms with Gasteiger partial charge in [0.25, 0.3) is 10.1 Å². The Hall–Kier alpha value is -0.130. The van der Waals surface area contributed by atoms with Crippen molar-refractivity contribution in [2.24, 2.45) is 23.7 Å². The summed E-state index contributed by atoms with van der Waals surface area (Å²) >= 11 is 0. The second-order valence-corrected chi connectivity index (χ2v) is 8.53. The number of rotatable bonds is 2. The second-order valence-electron chi connectivity index (χ2n) is 6.84. The zero-order valence-electron chi connectivity index (χ0n) is 11.6. The van der Waals surface area contributed by atoms with E-state index in [0.717, 1.165) is 0 Å². The molecule has 0 amide bonds. The molecule has 3 heterocycles. The van der Waals surface area contributed by atoms with Crippen molar-refractivity contribution in [3.8, 4) is 0 Å². The van der Waals surface area contributed by atoms with Gasteiger partial charge in [0, 0.05) is 11.8 Å². The highest BCUT2D eigenvalue weighted by atomic mass is 32.2. The fourth-order valence-electron chi connectivity index (χ4n) is 4.58. The van der Waals surface area contributed by atoms with E-state index in [4.69, 9.17) is 8.92 Å². The summed E-state index contributed by atoms with van der Waals surface area (Å²) in [5.41, 5.74) is -0.645. The van der Waals surface area contributed by atoms with Crippen LogP contribution in [0.5, 0.6) is 0 Å². The van der Waals surface area contributed by atoms with E-state index in [9.17, 15) is 8.42 Å². The van der Waals surface area contributed by atoms with Gasteiger partial charge in [0.2, 0.25) is 0 Å². The normalized spacial score (nSPS) is 52.7. The van der Waals surface area contributed by atoms with E-state index in [1.165, 1.54) is 0 Å². The Kier molecular flexibility index (Phi) is 2.50. The lowest BCUT2D eigenvalue weighted by atomic mass is 9.65. The van der Waals surface area contributed by atoms with Crippen molar-refractivity contribution in [3.05, 3.63) is 0 Å². The molecular weight excluding hydrogens is 252 g/mol. The largest absolute Gasteiger partial charge is 0.370 e. The van der Waals surface area contributed by atoms with Gasteiger partial charge in [-0.3, -0.25) is 4.18 Å². The molecule has 5 heteroatoms. The minimum atomic E-state index is -3.48. The lowest BCUT2D eigenvalue weighted by molar-refractivity contribution is 0.0111. The molecule has 18 heavy (non-hydrogen) atoms. The maximum Gasteiger partial charge on any atom is 0.273 e. The zero-order valence-corrected chi connectivity index (χ0v) is 12.4. The molecule has 3 aliphatic rings. The van der Waals surface area contributed by atoms with Crippen LogP contribution in [0.1, 0.15) is 34.6 Å². The van der Waals surface area contributed by atoms with E-state index >= 15 is 0 Å². The SMILES string of the molecule is CC(C)C1C2OC3C1S(=O)(=O)OC3(C)C2C(C)C. The molecule has 6 unspecified atom stereocenters. The summed E-state index contributed by atoms with van der Waals surface area (Å²) in [5.74, 6) is 0.902. The molecule has 4 nitrogen and oxygen atoms in total. The van der Waals surface area contributed by atoms with Gasteiger partial charge in [-0.25, -0.2) is 0 Å². The highest BCUT2D eigenvalue weighted by Gasteiger charge is 2.76. The van der Waals surface area contributed by atoms with Gasteiger partial charge in [-0.1, -0.05) is 27.7 Å². The number of ether oxygens (including phenoxy) is 1. The monoisotopic (exact) mass is 274 g/mol. The summed E-state index contributed by atoms with van der Waals surface area (Å²) in [4.78, 5) is 0. The summed E-state index contributed by atoms with van der Waals surface area (Å²) in [7, 11) is -3.48. The summed E-state index contributed by atoms with van der Waals surface area (Å²) < 4.78 is 36.1. The van der Waals surface area contributed by atoms with Gasteiger partial charge in [0.15, 0.2) is 0 Å². The third kappa shape index (κ3) is 1.30. The van der Waals surface area contributed by atoms with Gasteiger partial charge in [-0.15, -0.1) is 0 Å². The van der Waals surface area contributed by atoms with Crippen molar-refractivity contribution in [2.75, 3.05) is 0 Å². The van der Waals surface area contributed by atoms with Crippen LogP contribution in [0.2, 0.25) is 0 Å². The predicted molar refractivity (Wildman–Crippen MR) is 67.5 cm³/mol. The maximum absolute atomic E-state index is 12.3. The molecule has 3 fully saturated rings. The van der Waals surface area contributed by atoms with E-state index in [1.807, 2.05) is 6.92 Å². The quantitative estimate of drug-likeness (QED) is 0.721. The lowest BCUT2D eigenvalue weighted by Gasteiger charge is -2.38. The van der Waals surface area contributed by atoms with Crippen molar-refractivity contribution >= 4 is 10.1 Å². The molecule has 0 aromatic rings. The molecule has 0 saturated carbocycles. The summed E-state index contributed by atoms with van der Waals surface area (Å²) in [6.07, 6.45) is -0.241. The Morgan fingerprint density at radius 3 is 2.22 bits per heavy atom. The number of hydrogen-bond acceptors (Lipinski definition) is 4. The summed E-state index contributed by atoms with van der Waals surface area (Å²) in [6, 6.07) is 0. The van der Waals surface area contributed by atoms with Crippen LogP contribution in [0.3, 0.4) is 0 Å². The standard InChI is InChI=1S/C13H22O4S/c1-6(2)8-10-9(7(3)4)13(5)12(16-10)11(8)18(14,15)17-13/h6-12H,1-5H3. The fourth-order valence-corrected chi connectivity index (χ4v) is 6.89. The van der Waals surface area contributed by atoms with Crippen LogP contribution in [0.25, 0.3) is 0 Å². The molecular formula is C13H22O4S. The van der Waals surface area contributed by atoms with Crippen LogP contribution in [-0.2, 0) is 19.0 Å². The van der Waals surface area contributed by atoms with Crippen molar-refractivity contribution in [2.45, 2.75) is 57.7 Å². The van der Waals surface area contributed by atoms with Gasteiger partial charge in [0.05, 0.1) is 6.10 Å². The van der Waals surface area contributed by atoms with Gasteiger partial charge in [0.1, 0.15) is 17.0 Å². The van der Waals surface area contributed by atoms with E-state index in [0.29, 0.717) is 11.8 Å². The third-order valence-corrected chi connectivity index (χ3v) is 6.88. The van der Waals surface area contributed by atoms with Crippen LogP contribution in [0.4, 0.5) is 0 Å². The molecule has 3 saturated heterocycles. The van der Waals surface area contributed by atoms with Crippen molar-refractivity contribution in [1.29, 1.82) is 0 Å². The first kappa shape index (κ1) is 12.9. The Bertz CT molecular complexity index is 469. The molecule has 0 radical (unpaired) electrons. The van der Waals surface area contributed by atoms with Gasteiger partial charge < -0.3 is 4.74 Å². The Balaban J connectivity index is 2.13. The summed E-state index contributed by atoms with van der Waals surface area (Å²) in [6.45, 7) is 10.3. The van der Waals surface area contributed by atoms with E-state index < -0.39 is 21.0 Å². The van der Waals surface area contributed by atoms with Crippen LogP contribution in [0.15, 0.2) is 0 Å². The van der Waals surface area contributed by atoms with Gasteiger partial charge in [-0.05, 0) is 18.8 Å². The molecule has 0 aromatic carbocycles. The smallest absolute Gasteiger partial charge is 0.273 e. The van der Waals surface area contributed by atoms with Crippen LogP contribution in [0, 0.1) is 23.7 Å². The van der Waals surface area contributed by atoms with E-state index in [2.05, 4.69) is 27.7 Å². The molecule has 104 valence electrons. The number of hydrogen-bond donors (Lipinski definition) is 0. The van der Waals surface area contributed by atoms with Crippen molar-refractivity contribution in [3.63, 3.8) is 0 Å². The minimum Gasteiger partial charge on any atom is -0.370 e. The average Bonchev–Trinajstić information content (AvgIpc) is 2.70. The average molecular weight is 274 g/mol. The highest BCUT2D eigenvalue weighted by molar-refractivity contribution is 7.87. The molecule has 3 rings (SSSR count). The Labute approximate surface area is 109 Å².